The van der Waals surface area contributed by atoms with E-state index in [-0.39, 0.29) is 27.1 Å². The van der Waals surface area contributed by atoms with E-state index in [1.165, 1.54) is 55.5 Å². The summed E-state index contributed by atoms with van der Waals surface area (Å²) in [5.41, 5.74) is -1.95. The Bertz CT molecular complexity index is 1390. The number of nitrogens with one attached hydrogen (secondary N) is 1. The Labute approximate surface area is 214 Å². The molecule has 1 heterocycles. The van der Waals surface area contributed by atoms with E-state index in [9.17, 15) is 27.9 Å². The maximum atomic E-state index is 14.4. The molecule has 188 valence electrons. The molecule has 0 saturated heterocycles. The molecule has 0 spiro atoms. The van der Waals surface area contributed by atoms with Crippen molar-refractivity contribution in [3.05, 3.63) is 86.9 Å². The number of anilines is 1. The smallest absolute Gasteiger partial charge is 0.422 e. The first-order valence-corrected chi connectivity index (χ1v) is 11.6. The number of fused-ring (bicyclic) bond motifs is 1. The summed E-state index contributed by atoms with van der Waals surface area (Å²) in [4.78, 5) is 23.2. The summed E-state index contributed by atoms with van der Waals surface area (Å²) >= 11 is 12.5. The third-order valence-corrected chi connectivity index (χ3v) is 7.31. The topological polar surface area (TPSA) is 86.6 Å². The van der Waals surface area contributed by atoms with Crippen LogP contribution in [0.1, 0.15) is 52.7 Å². The molecule has 0 fully saturated rings. The number of alkyl halides is 3. The average Bonchev–Trinajstić information content (AvgIpc) is 3.09. The Morgan fingerprint density at radius 2 is 1.61 bits per heavy atom. The fourth-order valence-electron chi connectivity index (χ4n) is 4.46. The second kappa shape index (κ2) is 9.10. The molecule has 0 aromatic heterocycles. The van der Waals surface area contributed by atoms with Gasteiger partial charge in [-0.25, -0.2) is 4.79 Å². The summed E-state index contributed by atoms with van der Waals surface area (Å²) in [5.74, 6) is -3.70. The molecule has 1 aliphatic heterocycles. The molecule has 3 aromatic carbocycles. The molecule has 0 radical (unpaired) electrons. The van der Waals surface area contributed by atoms with Gasteiger partial charge in [0.2, 0.25) is 5.91 Å². The Morgan fingerprint density at radius 1 is 1.00 bits per heavy atom. The quantitative estimate of drug-likeness (QED) is 0.328. The number of amides is 1. The van der Waals surface area contributed by atoms with Crippen molar-refractivity contribution in [1.82, 2.24) is 0 Å². The van der Waals surface area contributed by atoms with Crippen LogP contribution in [-0.4, -0.2) is 28.3 Å². The van der Waals surface area contributed by atoms with Crippen molar-refractivity contribution in [2.75, 3.05) is 5.32 Å². The molecule has 0 aliphatic carbocycles. The average molecular weight is 538 g/mol. The number of rotatable bonds is 5. The number of aromatic carboxylic acids is 1. The van der Waals surface area contributed by atoms with Crippen LogP contribution in [0, 0.1) is 0 Å². The number of aliphatic hydroxyl groups is 1. The molecule has 1 aliphatic rings. The molecule has 0 saturated carbocycles. The number of carboxylic acids is 1. The van der Waals surface area contributed by atoms with Gasteiger partial charge in [-0.1, -0.05) is 54.4 Å². The first-order valence-electron chi connectivity index (χ1n) is 10.8. The van der Waals surface area contributed by atoms with Gasteiger partial charge in [-0.2, -0.15) is 13.2 Å². The molecule has 36 heavy (non-hydrogen) atoms. The molecular formula is C26H20Cl2F3NO4. The van der Waals surface area contributed by atoms with Crippen molar-refractivity contribution < 1.29 is 33.0 Å². The van der Waals surface area contributed by atoms with Crippen LogP contribution in [0.4, 0.5) is 18.9 Å². The van der Waals surface area contributed by atoms with Crippen LogP contribution >= 0.6 is 23.2 Å². The maximum Gasteiger partial charge on any atom is 0.422 e. The van der Waals surface area contributed by atoms with Crippen LogP contribution in [0.25, 0.3) is 11.1 Å². The van der Waals surface area contributed by atoms with E-state index in [4.69, 9.17) is 28.3 Å². The third kappa shape index (κ3) is 4.23. The molecule has 3 N–H and O–H groups in total. The standard InChI is InChI=1S/C26H20Cl2F3NO4/c1-12-19-11-16(5-8-22(19)32-23(12)33)25(36,26(29,30)31)13(2)17-6-3-14(9-20(17)27)15-4-7-18(24(34)35)21(28)10-15/h3-13,36H,1-2H3,(H,32,33)(H,34,35). The van der Waals surface area contributed by atoms with Crippen molar-refractivity contribution in [2.45, 2.75) is 37.5 Å². The van der Waals surface area contributed by atoms with Crippen LogP contribution in [0.5, 0.6) is 0 Å². The lowest BCUT2D eigenvalue weighted by Gasteiger charge is -2.37. The van der Waals surface area contributed by atoms with E-state index < -0.39 is 35.1 Å². The monoisotopic (exact) mass is 537 g/mol. The van der Waals surface area contributed by atoms with E-state index in [0.29, 0.717) is 22.4 Å². The fourth-order valence-corrected chi connectivity index (χ4v) is 5.07. The number of hydrogen-bond donors (Lipinski definition) is 3. The zero-order chi connectivity index (χ0) is 26.6. The number of carbonyl (C=O) groups excluding carboxylic acids is 1. The maximum absolute atomic E-state index is 14.4. The van der Waals surface area contributed by atoms with Gasteiger partial charge in [0.25, 0.3) is 0 Å². The van der Waals surface area contributed by atoms with Crippen LogP contribution in [0.2, 0.25) is 10.0 Å². The zero-order valence-corrected chi connectivity index (χ0v) is 20.5. The van der Waals surface area contributed by atoms with Gasteiger partial charge >= 0.3 is 12.1 Å². The summed E-state index contributed by atoms with van der Waals surface area (Å²) in [6, 6.07) is 12.3. The second-order valence-electron chi connectivity index (χ2n) is 8.73. The van der Waals surface area contributed by atoms with E-state index in [0.717, 1.165) is 6.07 Å². The SMILES string of the molecule is CC1C(=O)Nc2ccc(C(O)(C(C)c3ccc(-c4ccc(C(=O)O)c(Cl)c4)cc3Cl)C(F)(F)F)cc21. The lowest BCUT2D eigenvalue weighted by molar-refractivity contribution is -0.274. The number of benzene rings is 3. The lowest BCUT2D eigenvalue weighted by atomic mass is 9.76. The molecule has 3 aromatic rings. The molecule has 4 rings (SSSR count). The highest BCUT2D eigenvalue weighted by Crippen LogP contribution is 2.51. The predicted octanol–water partition coefficient (Wildman–Crippen LogP) is 6.97. The summed E-state index contributed by atoms with van der Waals surface area (Å²) in [5, 5.41) is 22.9. The van der Waals surface area contributed by atoms with Crippen molar-refractivity contribution in [3.63, 3.8) is 0 Å². The minimum atomic E-state index is -5.07. The lowest BCUT2D eigenvalue weighted by Crippen LogP contribution is -2.46. The molecule has 10 heteroatoms. The highest BCUT2D eigenvalue weighted by atomic mass is 35.5. The first kappa shape index (κ1) is 26.0. The van der Waals surface area contributed by atoms with Crippen LogP contribution in [0.3, 0.4) is 0 Å². The van der Waals surface area contributed by atoms with Gasteiger partial charge < -0.3 is 15.5 Å². The van der Waals surface area contributed by atoms with Gasteiger partial charge in [0.05, 0.1) is 16.5 Å². The van der Waals surface area contributed by atoms with Crippen LogP contribution in [-0.2, 0) is 10.4 Å². The predicted molar refractivity (Wildman–Crippen MR) is 131 cm³/mol. The van der Waals surface area contributed by atoms with Crippen molar-refractivity contribution >= 4 is 40.8 Å². The zero-order valence-electron chi connectivity index (χ0n) is 19.0. The largest absolute Gasteiger partial charge is 0.478 e. The van der Waals surface area contributed by atoms with Crippen LogP contribution in [0.15, 0.2) is 54.6 Å². The van der Waals surface area contributed by atoms with Gasteiger partial charge in [-0.15, -0.1) is 0 Å². The second-order valence-corrected chi connectivity index (χ2v) is 9.55. The molecule has 3 atom stereocenters. The number of hydrogen-bond acceptors (Lipinski definition) is 3. The molecule has 5 nitrogen and oxygen atoms in total. The van der Waals surface area contributed by atoms with E-state index in [1.807, 2.05) is 0 Å². The van der Waals surface area contributed by atoms with Gasteiger partial charge in [-0.3, -0.25) is 4.79 Å². The summed E-state index contributed by atoms with van der Waals surface area (Å²) in [7, 11) is 0. The van der Waals surface area contributed by atoms with E-state index in [1.54, 1.807) is 6.92 Å². The molecule has 1 amide bonds. The number of carbonyl (C=O) groups is 2. The highest BCUT2D eigenvalue weighted by molar-refractivity contribution is 6.34. The Kier molecular flexibility index (Phi) is 6.58. The summed E-state index contributed by atoms with van der Waals surface area (Å²) in [6.45, 7) is 2.80. The number of halogens is 5. The minimum Gasteiger partial charge on any atom is -0.478 e. The van der Waals surface area contributed by atoms with E-state index >= 15 is 0 Å². The van der Waals surface area contributed by atoms with Gasteiger partial charge in [0.15, 0.2) is 5.60 Å². The molecule has 0 bridgehead atoms. The van der Waals surface area contributed by atoms with Crippen molar-refractivity contribution in [1.29, 1.82) is 0 Å². The van der Waals surface area contributed by atoms with Crippen molar-refractivity contribution in [3.8, 4) is 11.1 Å². The Hall–Kier alpha value is -3.07. The van der Waals surface area contributed by atoms with Gasteiger partial charge in [-0.05, 0) is 65.1 Å². The number of carboxylic acid groups (broad SMARTS) is 1. The third-order valence-electron chi connectivity index (χ3n) is 6.67. The summed E-state index contributed by atoms with van der Waals surface area (Å²) < 4.78 is 43.3. The molecular weight excluding hydrogens is 518 g/mol. The van der Waals surface area contributed by atoms with Gasteiger partial charge in [0.1, 0.15) is 0 Å². The van der Waals surface area contributed by atoms with Crippen molar-refractivity contribution in [2.24, 2.45) is 0 Å². The van der Waals surface area contributed by atoms with Crippen LogP contribution < -0.4 is 5.32 Å². The highest BCUT2D eigenvalue weighted by Gasteiger charge is 2.59. The first-order chi connectivity index (χ1) is 16.8. The fraction of sp³-hybridized carbons (Fsp3) is 0.231. The van der Waals surface area contributed by atoms with Gasteiger partial charge in [0, 0.05) is 16.6 Å². The Morgan fingerprint density at radius 3 is 2.17 bits per heavy atom. The minimum absolute atomic E-state index is 0.00109. The van der Waals surface area contributed by atoms with E-state index in [2.05, 4.69) is 5.32 Å². The normalized spacial score (nSPS) is 17.8. The Balaban J connectivity index is 1.76. The summed E-state index contributed by atoms with van der Waals surface area (Å²) in [6.07, 6.45) is -5.07. The molecule has 3 unspecified atom stereocenters.